The van der Waals surface area contributed by atoms with E-state index < -0.39 is 11.9 Å². The molecule has 0 fully saturated rings. The summed E-state index contributed by atoms with van der Waals surface area (Å²) in [6.45, 7) is 9.10. The van der Waals surface area contributed by atoms with Gasteiger partial charge in [0.1, 0.15) is 0 Å². The van der Waals surface area contributed by atoms with Gasteiger partial charge < -0.3 is 18.9 Å². The zero-order valence-corrected chi connectivity index (χ0v) is 21.4. The monoisotopic (exact) mass is 460 g/mol. The van der Waals surface area contributed by atoms with Crippen molar-refractivity contribution in [3.63, 3.8) is 0 Å². The Morgan fingerprint density at radius 2 is 1.24 bits per heavy atom. The van der Waals surface area contributed by atoms with Crippen molar-refractivity contribution in [1.82, 2.24) is 0 Å². The summed E-state index contributed by atoms with van der Waals surface area (Å²) in [5, 5.41) is 2.22. The Morgan fingerprint density at radius 3 is 1.85 bits per heavy atom. The van der Waals surface area contributed by atoms with E-state index in [1.54, 1.807) is 7.11 Å². The average molecular weight is 461 g/mol. The molecule has 0 aliphatic rings. The summed E-state index contributed by atoms with van der Waals surface area (Å²) in [6.07, 6.45) is 7.46. The van der Waals surface area contributed by atoms with Crippen molar-refractivity contribution in [1.29, 1.82) is 0 Å². The van der Waals surface area contributed by atoms with Gasteiger partial charge in [-0.05, 0) is 38.0 Å². The maximum absolute atomic E-state index is 6.65. The molecule has 0 amide bonds. The first-order chi connectivity index (χ1) is 16.1. The van der Waals surface area contributed by atoms with Crippen LogP contribution in [0.1, 0.15) is 84.6 Å². The quantitative estimate of drug-likeness (QED) is 0.170. The first-order valence-corrected chi connectivity index (χ1v) is 12.8. The molecule has 186 valence electrons. The number of ether oxygens (including phenoxy) is 5. The van der Waals surface area contributed by atoms with Crippen molar-refractivity contribution in [3.05, 3.63) is 48.0 Å². The van der Waals surface area contributed by atoms with Gasteiger partial charge in [0.25, 0.3) is 0 Å². The van der Waals surface area contributed by atoms with Crippen LogP contribution >= 0.6 is 0 Å². The lowest BCUT2D eigenvalue weighted by Gasteiger charge is -2.41. The predicted octanol–water partition coefficient (Wildman–Crippen LogP) is 7.52. The van der Waals surface area contributed by atoms with E-state index >= 15 is 0 Å². The molecule has 0 heterocycles. The minimum absolute atomic E-state index is 0.382. The van der Waals surface area contributed by atoms with Gasteiger partial charge in [0.2, 0.25) is 5.79 Å². The molecule has 0 bridgehead atoms. The topological polar surface area (TPSA) is 46.2 Å². The highest BCUT2D eigenvalue weighted by Crippen LogP contribution is 2.41. The van der Waals surface area contributed by atoms with Crippen molar-refractivity contribution in [2.24, 2.45) is 0 Å². The average Bonchev–Trinajstić information content (AvgIpc) is 2.83. The van der Waals surface area contributed by atoms with Gasteiger partial charge in [-0.3, -0.25) is 4.74 Å². The molecule has 2 rings (SSSR count). The number of unbranched alkanes of at least 4 members (excludes halogenated alkanes) is 6. The van der Waals surface area contributed by atoms with E-state index in [-0.39, 0.29) is 0 Å². The molecule has 2 aromatic rings. The fourth-order valence-corrected chi connectivity index (χ4v) is 4.31. The molecular weight excluding hydrogens is 416 g/mol. The summed E-state index contributed by atoms with van der Waals surface area (Å²) in [6, 6.07) is 14.5. The van der Waals surface area contributed by atoms with Crippen LogP contribution in [0.3, 0.4) is 0 Å². The minimum Gasteiger partial charge on any atom is -0.349 e. The summed E-state index contributed by atoms with van der Waals surface area (Å²) < 4.78 is 30.6. The van der Waals surface area contributed by atoms with Crippen LogP contribution in [0, 0.1) is 0 Å². The highest BCUT2D eigenvalue weighted by atomic mass is 17.0. The highest BCUT2D eigenvalue weighted by molar-refractivity contribution is 5.86. The highest BCUT2D eigenvalue weighted by Gasteiger charge is 2.47. The van der Waals surface area contributed by atoms with Crippen LogP contribution in [0.4, 0.5) is 0 Å². The zero-order valence-electron chi connectivity index (χ0n) is 21.4. The maximum Gasteiger partial charge on any atom is 0.415 e. The summed E-state index contributed by atoms with van der Waals surface area (Å²) >= 11 is 0. The van der Waals surface area contributed by atoms with E-state index in [2.05, 4.69) is 31.2 Å². The number of methoxy groups -OCH3 is 1. The Kier molecular flexibility index (Phi) is 12.4. The molecule has 0 radical (unpaired) electrons. The van der Waals surface area contributed by atoms with Crippen molar-refractivity contribution in [2.45, 2.75) is 91.0 Å². The molecule has 0 aromatic heterocycles. The summed E-state index contributed by atoms with van der Waals surface area (Å²) in [7, 11) is 1.69. The van der Waals surface area contributed by atoms with Crippen LogP contribution < -0.4 is 0 Å². The van der Waals surface area contributed by atoms with E-state index in [0.717, 1.165) is 29.2 Å². The first kappa shape index (κ1) is 27.7. The summed E-state index contributed by atoms with van der Waals surface area (Å²) in [4.78, 5) is 0. The lowest BCUT2D eigenvalue weighted by Crippen LogP contribution is -2.50. The van der Waals surface area contributed by atoms with E-state index in [0.29, 0.717) is 26.2 Å². The zero-order chi connectivity index (χ0) is 24.0. The van der Waals surface area contributed by atoms with Crippen LogP contribution in [0.25, 0.3) is 10.8 Å². The number of fused-ring (bicyclic) bond motifs is 1. The SMILES string of the molecule is CCCCCCCCCC(OC)(OC(OCC)(OCC)OCC)c1cccc2ccccc12. The second-order valence-electron chi connectivity index (χ2n) is 8.26. The van der Waals surface area contributed by atoms with Crippen molar-refractivity contribution >= 4 is 10.8 Å². The molecule has 0 aliphatic heterocycles. The lowest BCUT2D eigenvalue weighted by atomic mass is 9.93. The Morgan fingerprint density at radius 1 is 0.667 bits per heavy atom. The normalized spacial score (nSPS) is 14.0. The standard InChI is InChI=1S/C28H44O5/c1-6-10-11-12-13-14-17-23-27(29-5,33-28(30-7-2,31-8-3)32-9-4)26-22-18-20-24-19-15-16-21-25(24)26/h15-16,18-22H,6-14,17,23H2,1-5H3. The number of hydrogen-bond donors (Lipinski definition) is 0. The smallest absolute Gasteiger partial charge is 0.349 e. The number of hydrogen-bond acceptors (Lipinski definition) is 5. The molecule has 0 saturated heterocycles. The first-order valence-electron chi connectivity index (χ1n) is 12.8. The van der Waals surface area contributed by atoms with Gasteiger partial charge in [0.15, 0.2) is 0 Å². The van der Waals surface area contributed by atoms with Crippen LogP contribution in [0.5, 0.6) is 0 Å². The van der Waals surface area contributed by atoms with Gasteiger partial charge in [-0.15, -0.1) is 0 Å². The predicted molar refractivity (Wildman–Crippen MR) is 134 cm³/mol. The van der Waals surface area contributed by atoms with Gasteiger partial charge in [0, 0.05) is 19.1 Å². The molecule has 0 spiro atoms. The molecule has 5 heteroatoms. The van der Waals surface area contributed by atoms with Crippen LogP contribution in [0.2, 0.25) is 0 Å². The van der Waals surface area contributed by atoms with Gasteiger partial charge in [0.05, 0.1) is 19.8 Å². The van der Waals surface area contributed by atoms with Gasteiger partial charge in [-0.1, -0.05) is 87.9 Å². The molecule has 1 unspecified atom stereocenters. The Balaban J connectivity index is 2.40. The van der Waals surface area contributed by atoms with E-state index in [1.165, 1.54) is 32.1 Å². The Labute approximate surface area is 200 Å². The molecule has 1 atom stereocenters. The van der Waals surface area contributed by atoms with Crippen molar-refractivity contribution < 1.29 is 23.7 Å². The maximum atomic E-state index is 6.65. The summed E-state index contributed by atoms with van der Waals surface area (Å²) in [5.74, 6) is -1.08. The van der Waals surface area contributed by atoms with Gasteiger partial charge in [-0.2, -0.15) is 0 Å². The Hall–Kier alpha value is -1.50. The number of rotatable bonds is 18. The summed E-state index contributed by atoms with van der Waals surface area (Å²) in [5.41, 5.74) is 0.956. The second-order valence-corrected chi connectivity index (χ2v) is 8.26. The molecule has 2 aromatic carbocycles. The van der Waals surface area contributed by atoms with Crippen molar-refractivity contribution in [2.75, 3.05) is 26.9 Å². The van der Waals surface area contributed by atoms with Gasteiger partial charge in [-0.25, -0.2) is 0 Å². The fourth-order valence-electron chi connectivity index (χ4n) is 4.31. The Bertz CT molecular complexity index is 770. The molecule has 0 aliphatic carbocycles. The second kappa shape index (κ2) is 14.7. The van der Waals surface area contributed by atoms with Gasteiger partial charge >= 0.3 is 6.16 Å². The van der Waals surface area contributed by atoms with Crippen LogP contribution in [0.15, 0.2) is 42.5 Å². The third-order valence-electron chi connectivity index (χ3n) is 5.89. The van der Waals surface area contributed by atoms with E-state index in [4.69, 9.17) is 23.7 Å². The fraction of sp³-hybridized carbons (Fsp3) is 0.643. The third-order valence-corrected chi connectivity index (χ3v) is 5.89. The largest absolute Gasteiger partial charge is 0.415 e. The van der Waals surface area contributed by atoms with Crippen LogP contribution in [-0.2, 0) is 29.5 Å². The van der Waals surface area contributed by atoms with Crippen LogP contribution in [-0.4, -0.2) is 33.1 Å². The number of benzene rings is 2. The molecular formula is C28H44O5. The third kappa shape index (κ3) is 7.76. The minimum atomic E-state index is -1.63. The molecule has 0 N–H and O–H groups in total. The molecule has 5 nitrogen and oxygen atoms in total. The van der Waals surface area contributed by atoms with Crippen molar-refractivity contribution in [3.8, 4) is 0 Å². The molecule has 0 saturated carbocycles. The molecule has 33 heavy (non-hydrogen) atoms. The van der Waals surface area contributed by atoms with E-state index in [1.807, 2.05) is 39.0 Å². The van der Waals surface area contributed by atoms with E-state index in [9.17, 15) is 0 Å². The lowest BCUT2D eigenvalue weighted by molar-refractivity contribution is -0.542.